The number of hydrogen-bond acceptors (Lipinski definition) is 4. The molecule has 1 unspecified atom stereocenters. The third-order valence-electron chi connectivity index (χ3n) is 6.34. The van der Waals surface area contributed by atoms with Crippen molar-refractivity contribution in [2.75, 3.05) is 23.3 Å². The second kappa shape index (κ2) is 6.91. The van der Waals surface area contributed by atoms with Crippen LogP contribution < -0.4 is 21.7 Å². The van der Waals surface area contributed by atoms with Crippen molar-refractivity contribution in [3.8, 4) is 0 Å². The number of anilines is 2. The number of nitrogens with one attached hydrogen (secondary N) is 1. The zero-order valence-corrected chi connectivity index (χ0v) is 15.2. The predicted octanol–water partition coefficient (Wildman–Crippen LogP) is 2.33. The highest BCUT2D eigenvalue weighted by Gasteiger charge is 2.35. The lowest BCUT2D eigenvalue weighted by atomic mass is 9.72. The average molecular weight is 356 g/mol. The van der Waals surface area contributed by atoms with Crippen LogP contribution in [0.1, 0.15) is 66.8 Å². The molecule has 0 radical (unpaired) electrons. The van der Waals surface area contributed by atoms with E-state index in [1.807, 2.05) is 12.1 Å². The van der Waals surface area contributed by atoms with Gasteiger partial charge in [0.2, 0.25) is 5.91 Å². The SMILES string of the molecule is NC(=O)c1cc2c(cc1N1CCCC1)NC(=O)CC2C1CCC(N)CC1. The largest absolute Gasteiger partial charge is 0.371 e. The number of rotatable bonds is 3. The zero-order valence-electron chi connectivity index (χ0n) is 15.2. The van der Waals surface area contributed by atoms with Gasteiger partial charge in [0.1, 0.15) is 0 Å². The molecule has 1 saturated heterocycles. The molecule has 3 aliphatic rings. The molecule has 5 N–H and O–H groups in total. The number of carbonyl (C=O) groups excluding carboxylic acids is 2. The molecule has 1 aromatic carbocycles. The number of amides is 2. The molecule has 0 spiro atoms. The number of fused-ring (bicyclic) bond motifs is 1. The van der Waals surface area contributed by atoms with Crippen LogP contribution in [0.15, 0.2) is 12.1 Å². The number of nitrogens with zero attached hydrogens (tertiary/aromatic N) is 1. The van der Waals surface area contributed by atoms with Gasteiger partial charge < -0.3 is 21.7 Å². The monoisotopic (exact) mass is 356 g/mol. The minimum absolute atomic E-state index is 0.0663. The van der Waals surface area contributed by atoms with Crippen molar-refractivity contribution < 1.29 is 9.59 Å². The summed E-state index contributed by atoms with van der Waals surface area (Å²) < 4.78 is 0. The topological polar surface area (TPSA) is 101 Å². The Morgan fingerprint density at radius 3 is 2.46 bits per heavy atom. The van der Waals surface area contributed by atoms with Crippen molar-refractivity contribution in [2.45, 2.75) is 56.9 Å². The van der Waals surface area contributed by atoms with Crippen molar-refractivity contribution in [1.82, 2.24) is 0 Å². The lowest BCUT2D eigenvalue weighted by Gasteiger charge is -2.36. The zero-order chi connectivity index (χ0) is 18.3. The first-order valence-electron chi connectivity index (χ1n) is 9.81. The smallest absolute Gasteiger partial charge is 0.250 e. The lowest BCUT2D eigenvalue weighted by Crippen LogP contribution is -2.33. The van der Waals surface area contributed by atoms with E-state index in [-0.39, 0.29) is 17.9 Å². The summed E-state index contributed by atoms with van der Waals surface area (Å²) in [6.45, 7) is 1.86. The van der Waals surface area contributed by atoms with Crippen LogP contribution in [0.2, 0.25) is 0 Å². The molecule has 1 atom stereocenters. The fraction of sp³-hybridized carbons (Fsp3) is 0.600. The summed E-state index contributed by atoms with van der Waals surface area (Å²) in [5.74, 6) is 0.266. The highest BCUT2D eigenvalue weighted by Crippen LogP contribution is 2.45. The number of benzene rings is 1. The third kappa shape index (κ3) is 3.18. The summed E-state index contributed by atoms with van der Waals surface area (Å²) in [6, 6.07) is 4.20. The Morgan fingerprint density at radius 2 is 1.81 bits per heavy atom. The van der Waals surface area contributed by atoms with E-state index in [1.54, 1.807) is 0 Å². The standard InChI is InChI=1S/C20H28N4O2/c21-13-5-3-12(4-6-13)14-10-19(25)23-17-11-18(24-7-1-2-8-24)16(20(22)26)9-15(14)17/h9,11-14H,1-8,10,21H2,(H2,22,26)(H,23,25). The Bertz CT molecular complexity index is 719. The summed E-state index contributed by atoms with van der Waals surface area (Å²) in [6.07, 6.45) is 6.81. The van der Waals surface area contributed by atoms with E-state index >= 15 is 0 Å². The quantitative estimate of drug-likeness (QED) is 0.773. The van der Waals surface area contributed by atoms with Gasteiger partial charge in [-0.05, 0) is 68.1 Å². The second-order valence-electron chi connectivity index (χ2n) is 8.05. The average Bonchev–Trinajstić information content (AvgIpc) is 3.15. The molecule has 0 bridgehead atoms. The van der Waals surface area contributed by atoms with Gasteiger partial charge in [0.15, 0.2) is 0 Å². The molecule has 6 heteroatoms. The van der Waals surface area contributed by atoms with Crippen LogP contribution in [0.3, 0.4) is 0 Å². The summed E-state index contributed by atoms with van der Waals surface area (Å²) in [7, 11) is 0. The molecular weight excluding hydrogens is 328 g/mol. The fourth-order valence-electron chi connectivity index (χ4n) is 4.92. The van der Waals surface area contributed by atoms with Gasteiger partial charge in [-0.15, -0.1) is 0 Å². The summed E-state index contributed by atoms with van der Waals surface area (Å²) in [4.78, 5) is 26.7. The van der Waals surface area contributed by atoms with Crippen molar-refractivity contribution in [2.24, 2.45) is 17.4 Å². The van der Waals surface area contributed by atoms with Crippen LogP contribution in [0.4, 0.5) is 11.4 Å². The maximum atomic E-state index is 12.4. The van der Waals surface area contributed by atoms with Crippen molar-refractivity contribution >= 4 is 23.2 Å². The van der Waals surface area contributed by atoms with Gasteiger partial charge in [-0.3, -0.25) is 9.59 Å². The normalized spacial score (nSPS) is 28.6. The number of carbonyl (C=O) groups is 2. The van der Waals surface area contributed by atoms with Crippen LogP contribution in [-0.4, -0.2) is 30.9 Å². The molecule has 2 aliphatic heterocycles. The molecule has 2 amide bonds. The molecule has 26 heavy (non-hydrogen) atoms. The van der Waals surface area contributed by atoms with Gasteiger partial charge in [0.05, 0.1) is 11.3 Å². The van der Waals surface area contributed by atoms with E-state index in [4.69, 9.17) is 11.5 Å². The molecule has 0 aromatic heterocycles. The summed E-state index contributed by atoms with van der Waals surface area (Å²) >= 11 is 0. The van der Waals surface area contributed by atoms with Crippen LogP contribution in [0.5, 0.6) is 0 Å². The van der Waals surface area contributed by atoms with Gasteiger partial charge >= 0.3 is 0 Å². The van der Waals surface area contributed by atoms with E-state index in [2.05, 4.69) is 10.2 Å². The van der Waals surface area contributed by atoms with Gasteiger partial charge in [0, 0.05) is 31.2 Å². The first-order valence-corrected chi connectivity index (χ1v) is 9.81. The number of nitrogens with two attached hydrogens (primary N) is 2. The van der Waals surface area contributed by atoms with Crippen LogP contribution in [-0.2, 0) is 4.79 Å². The van der Waals surface area contributed by atoms with E-state index < -0.39 is 5.91 Å². The Morgan fingerprint density at radius 1 is 1.12 bits per heavy atom. The molecule has 1 saturated carbocycles. The highest BCUT2D eigenvalue weighted by molar-refractivity contribution is 6.02. The minimum atomic E-state index is -0.393. The Labute approximate surface area is 154 Å². The first kappa shape index (κ1) is 17.3. The minimum Gasteiger partial charge on any atom is -0.371 e. The van der Waals surface area contributed by atoms with Gasteiger partial charge in [0.25, 0.3) is 5.91 Å². The van der Waals surface area contributed by atoms with Crippen LogP contribution >= 0.6 is 0 Å². The molecule has 2 fully saturated rings. The number of hydrogen-bond donors (Lipinski definition) is 3. The van der Waals surface area contributed by atoms with Crippen LogP contribution in [0.25, 0.3) is 0 Å². The maximum Gasteiger partial charge on any atom is 0.250 e. The molecule has 140 valence electrons. The fourth-order valence-corrected chi connectivity index (χ4v) is 4.92. The van der Waals surface area contributed by atoms with E-state index in [0.29, 0.717) is 17.9 Å². The van der Waals surface area contributed by atoms with Crippen molar-refractivity contribution in [3.63, 3.8) is 0 Å². The Hall–Kier alpha value is -2.08. The molecule has 1 aromatic rings. The van der Waals surface area contributed by atoms with Crippen molar-refractivity contribution in [3.05, 3.63) is 23.3 Å². The number of primary amides is 1. The molecule has 1 aliphatic carbocycles. The lowest BCUT2D eigenvalue weighted by molar-refractivity contribution is -0.117. The molecule has 2 heterocycles. The second-order valence-corrected chi connectivity index (χ2v) is 8.05. The highest BCUT2D eigenvalue weighted by atomic mass is 16.2. The molecular formula is C20H28N4O2. The predicted molar refractivity (Wildman–Crippen MR) is 102 cm³/mol. The van der Waals surface area contributed by atoms with E-state index in [1.165, 1.54) is 0 Å². The van der Waals surface area contributed by atoms with Gasteiger partial charge in [-0.2, -0.15) is 0 Å². The maximum absolute atomic E-state index is 12.4. The molecule has 6 nitrogen and oxygen atoms in total. The van der Waals surface area contributed by atoms with Crippen LogP contribution in [0, 0.1) is 5.92 Å². The van der Waals surface area contributed by atoms with Gasteiger partial charge in [-0.25, -0.2) is 0 Å². The Kier molecular flexibility index (Phi) is 4.61. The summed E-state index contributed by atoms with van der Waals surface area (Å²) in [5.41, 5.74) is 15.1. The van der Waals surface area contributed by atoms with Crippen molar-refractivity contribution in [1.29, 1.82) is 0 Å². The summed E-state index contributed by atoms with van der Waals surface area (Å²) in [5, 5.41) is 3.03. The van der Waals surface area contributed by atoms with E-state index in [9.17, 15) is 9.59 Å². The Balaban J connectivity index is 1.73. The van der Waals surface area contributed by atoms with E-state index in [0.717, 1.165) is 68.6 Å². The first-order chi connectivity index (χ1) is 12.5. The van der Waals surface area contributed by atoms with Gasteiger partial charge in [-0.1, -0.05) is 0 Å². The molecule has 4 rings (SSSR count). The third-order valence-corrected chi connectivity index (χ3v) is 6.34.